The van der Waals surface area contributed by atoms with Crippen LogP contribution in [-0.2, 0) is 4.79 Å². The van der Waals surface area contributed by atoms with E-state index in [1.54, 1.807) is 6.08 Å². The number of thioether (sulfide) groups is 1. The Morgan fingerprint density at radius 3 is 2.80 bits per heavy atom. The number of piperidine rings is 1. The van der Waals surface area contributed by atoms with Crippen molar-refractivity contribution in [1.82, 2.24) is 15.0 Å². The highest BCUT2D eigenvalue weighted by atomic mass is 32.2. The Morgan fingerprint density at radius 1 is 1.28 bits per heavy atom. The lowest BCUT2D eigenvalue weighted by Gasteiger charge is -2.29. The first-order chi connectivity index (χ1) is 12.1. The molecule has 4 heterocycles. The summed E-state index contributed by atoms with van der Waals surface area (Å²) in [5, 5.41) is 0. The van der Waals surface area contributed by atoms with E-state index in [9.17, 15) is 9.18 Å². The van der Waals surface area contributed by atoms with Gasteiger partial charge in [0.15, 0.2) is 11.6 Å². The van der Waals surface area contributed by atoms with E-state index in [0.717, 1.165) is 11.3 Å². The van der Waals surface area contributed by atoms with E-state index >= 15 is 0 Å². The lowest BCUT2D eigenvalue weighted by atomic mass is 10.1. The molecule has 0 spiro atoms. The van der Waals surface area contributed by atoms with E-state index < -0.39 is 6.17 Å². The number of fused-ring (bicyclic) bond motifs is 1. The molecule has 2 saturated heterocycles. The summed E-state index contributed by atoms with van der Waals surface area (Å²) in [4.78, 5) is 27.9. The minimum absolute atomic E-state index is 0.0338. The van der Waals surface area contributed by atoms with Gasteiger partial charge in [0.2, 0.25) is 0 Å². The standard InChI is InChI=1S/C17H15FN4OS2/c18-10-3-5-22(6-4-10)17-16-12(19-9-20-17)2-1-11(21-16)7-14-13(23)8-15(24)25-14/h1-2,7,9-10H,3-6,8H2/b14-7-. The van der Waals surface area contributed by atoms with Crippen molar-refractivity contribution in [1.29, 1.82) is 0 Å². The van der Waals surface area contributed by atoms with Gasteiger partial charge in [-0.2, -0.15) is 0 Å². The normalized spacial score (nSPS) is 20.8. The Kier molecular flexibility index (Phi) is 4.47. The number of carbonyl (C=O) groups is 1. The Morgan fingerprint density at radius 2 is 2.08 bits per heavy atom. The smallest absolute Gasteiger partial charge is 0.175 e. The highest BCUT2D eigenvalue weighted by molar-refractivity contribution is 8.27. The maximum atomic E-state index is 13.4. The molecule has 0 N–H and O–H groups in total. The van der Waals surface area contributed by atoms with Crippen molar-refractivity contribution < 1.29 is 9.18 Å². The summed E-state index contributed by atoms with van der Waals surface area (Å²) in [6, 6.07) is 3.69. The zero-order chi connectivity index (χ0) is 17.4. The van der Waals surface area contributed by atoms with Gasteiger partial charge in [0.1, 0.15) is 18.0 Å². The number of hydrogen-bond acceptors (Lipinski definition) is 7. The topological polar surface area (TPSA) is 59.0 Å². The second-order valence-corrected chi connectivity index (χ2v) is 7.93. The molecule has 0 unspecified atom stereocenters. The SMILES string of the molecule is O=C1CC(=S)S/C1=C\c1ccc2ncnc(N3CCC(F)CC3)c2n1. The lowest BCUT2D eigenvalue weighted by Crippen LogP contribution is -2.35. The fourth-order valence-electron chi connectivity index (χ4n) is 2.99. The van der Waals surface area contributed by atoms with Gasteiger partial charge in [-0.3, -0.25) is 4.79 Å². The Hall–Kier alpha value is -1.93. The van der Waals surface area contributed by atoms with Crippen LogP contribution in [-0.4, -0.2) is 44.2 Å². The Labute approximate surface area is 153 Å². The molecule has 0 amide bonds. The number of halogens is 1. The summed E-state index contributed by atoms with van der Waals surface area (Å²) in [5.41, 5.74) is 2.08. The van der Waals surface area contributed by atoms with Crippen molar-refractivity contribution in [2.75, 3.05) is 18.0 Å². The first-order valence-electron chi connectivity index (χ1n) is 8.06. The largest absolute Gasteiger partial charge is 0.354 e. The van der Waals surface area contributed by atoms with Gasteiger partial charge in [0.05, 0.1) is 26.7 Å². The average molecular weight is 374 g/mol. The molecule has 2 aliphatic heterocycles. The van der Waals surface area contributed by atoms with Crippen molar-refractivity contribution >= 4 is 56.9 Å². The van der Waals surface area contributed by atoms with Gasteiger partial charge < -0.3 is 4.90 Å². The van der Waals surface area contributed by atoms with Crippen LogP contribution in [0.3, 0.4) is 0 Å². The van der Waals surface area contributed by atoms with Gasteiger partial charge >= 0.3 is 0 Å². The molecule has 0 aromatic carbocycles. The third-order valence-corrected chi connectivity index (χ3v) is 5.62. The van der Waals surface area contributed by atoms with Crippen molar-refractivity contribution in [2.45, 2.75) is 25.4 Å². The summed E-state index contributed by atoms with van der Waals surface area (Å²) >= 11 is 6.43. The van der Waals surface area contributed by atoms with Crippen LogP contribution in [0.4, 0.5) is 10.2 Å². The molecule has 0 saturated carbocycles. The number of pyridine rings is 1. The van der Waals surface area contributed by atoms with Gasteiger partial charge in [-0.25, -0.2) is 19.3 Å². The van der Waals surface area contributed by atoms with E-state index in [1.807, 2.05) is 12.1 Å². The summed E-state index contributed by atoms with van der Waals surface area (Å²) in [7, 11) is 0. The van der Waals surface area contributed by atoms with Crippen LogP contribution < -0.4 is 4.90 Å². The van der Waals surface area contributed by atoms with E-state index in [4.69, 9.17) is 12.2 Å². The third kappa shape index (κ3) is 3.41. The van der Waals surface area contributed by atoms with Crippen molar-refractivity contribution in [2.24, 2.45) is 0 Å². The maximum absolute atomic E-state index is 13.4. The average Bonchev–Trinajstić information content (AvgIpc) is 2.92. The van der Waals surface area contributed by atoms with Crippen molar-refractivity contribution in [3.8, 4) is 0 Å². The Bertz CT molecular complexity index is 893. The zero-order valence-corrected chi connectivity index (χ0v) is 14.9. The van der Waals surface area contributed by atoms with Gasteiger partial charge in [-0.1, -0.05) is 24.0 Å². The maximum Gasteiger partial charge on any atom is 0.175 e. The summed E-state index contributed by atoms with van der Waals surface area (Å²) in [5.74, 6) is 0.754. The van der Waals surface area contributed by atoms with E-state index in [-0.39, 0.29) is 5.78 Å². The van der Waals surface area contributed by atoms with Crippen LogP contribution in [0.1, 0.15) is 25.0 Å². The van der Waals surface area contributed by atoms with Crippen molar-refractivity contribution in [3.05, 3.63) is 29.1 Å². The molecule has 0 aliphatic carbocycles. The molecule has 4 rings (SSSR count). The number of thiocarbonyl (C=S) groups is 1. The summed E-state index contributed by atoms with van der Waals surface area (Å²) in [6.45, 7) is 1.23. The molecule has 2 aromatic heterocycles. The van der Waals surface area contributed by atoms with Crippen LogP contribution in [0.2, 0.25) is 0 Å². The predicted molar refractivity (Wildman–Crippen MR) is 101 cm³/mol. The molecule has 2 fully saturated rings. The molecule has 2 aliphatic rings. The van der Waals surface area contributed by atoms with E-state index in [2.05, 4.69) is 19.9 Å². The second kappa shape index (κ2) is 6.76. The molecular formula is C17H15FN4OS2. The molecule has 8 heteroatoms. The number of nitrogens with zero attached hydrogens (tertiary/aromatic N) is 4. The molecule has 0 radical (unpaired) electrons. The second-order valence-electron chi connectivity index (χ2n) is 6.05. The van der Waals surface area contributed by atoms with E-state index in [1.165, 1.54) is 18.1 Å². The first kappa shape index (κ1) is 16.5. The quantitative estimate of drug-likeness (QED) is 0.590. The lowest BCUT2D eigenvalue weighted by molar-refractivity contribution is -0.113. The predicted octanol–water partition coefficient (Wildman–Crippen LogP) is 3.34. The number of aromatic nitrogens is 3. The number of ketones is 1. The summed E-state index contributed by atoms with van der Waals surface area (Å²) < 4.78 is 14.1. The number of Topliss-reactive ketones (excluding diaryl/α,β-unsaturated/α-hetero) is 1. The third-order valence-electron chi connectivity index (χ3n) is 4.29. The van der Waals surface area contributed by atoms with Gasteiger partial charge in [0, 0.05) is 13.1 Å². The number of hydrogen-bond donors (Lipinski definition) is 0. The minimum atomic E-state index is -0.744. The molecule has 128 valence electrons. The number of carbonyl (C=O) groups excluding carboxylic acids is 1. The van der Waals surface area contributed by atoms with Gasteiger partial charge in [-0.15, -0.1) is 0 Å². The highest BCUT2D eigenvalue weighted by Gasteiger charge is 2.24. The summed E-state index contributed by atoms with van der Waals surface area (Å²) in [6.07, 6.45) is 3.83. The zero-order valence-electron chi connectivity index (χ0n) is 13.3. The number of anilines is 1. The van der Waals surface area contributed by atoms with Gasteiger partial charge in [0.25, 0.3) is 0 Å². The number of alkyl halides is 1. The molecular weight excluding hydrogens is 359 g/mol. The number of allylic oxidation sites excluding steroid dienone is 1. The minimum Gasteiger partial charge on any atom is -0.354 e. The molecule has 0 atom stereocenters. The van der Waals surface area contributed by atoms with Crippen LogP contribution in [0.5, 0.6) is 0 Å². The van der Waals surface area contributed by atoms with E-state index in [0.29, 0.717) is 52.7 Å². The number of rotatable bonds is 2. The van der Waals surface area contributed by atoms with Crippen LogP contribution in [0, 0.1) is 0 Å². The molecule has 0 bridgehead atoms. The van der Waals surface area contributed by atoms with Crippen LogP contribution in [0.25, 0.3) is 17.1 Å². The van der Waals surface area contributed by atoms with Gasteiger partial charge in [-0.05, 0) is 31.1 Å². The fourth-order valence-corrected chi connectivity index (χ4v) is 4.21. The van der Waals surface area contributed by atoms with Crippen LogP contribution in [0.15, 0.2) is 23.4 Å². The monoisotopic (exact) mass is 374 g/mol. The van der Waals surface area contributed by atoms with Crippen LogP contribution >= 0.6 is 24.0 Å². The Balaban J connectivity index is 1.72. The fraction of sp³-hybridized carbons (Fsp3) is 0.353. The molecule has 2 aromatic rings. The van der Waals surface area contributed by atoms with Crippen molar-refractivity contribution in [3.63, 3.8) is 0 Å². The highest BCUT2D eigenvalue weighted by Crippen LogP contribution is 2.32. The first-order valence-corrected chi connectivity index (χ1v) is 9.29. The molecule has 5 nitrogen and oxygen atoms in total. The molecule has 25 heavy (non-hydrogen) atoms.